The highest BCUT2D eigenvalue weighted by atomic mass is 32.1. The molecule has 2 N–H and O–H groups in total. The van der Waals surface area contributed by atoms with Crippen molar-refractivity contribution in [3.8, 4) is 16.9 Å². The minimum absolute atomic E-state index is 0.0434. The van der Waals surface area contributed by atoms with Crippen LogP contribution in [0.4, 0.5) is 15.3 Å². The molecule has 2 aliphatic rings. The number of amides is 1. The van der Waals surface area contributed by atoms with Gasteiger partial charge in [0.25, 0.3) is 5.91 Å². The summed E-state index contributed by atoms with van der Waals surface area (Å²) in [6, 6.07) is 21.5. The number of aromatic carboxylic acids is 1. The molecule has 1 aliphatic heterocycles. The maximum absolute atomic E-state index is 15.7. The minimum atomic E-state index is -1.25. The van der Waals surface area contributed by atoms with Gasteiger partial charge < -0.3 is 14.7 Å². The summed E-state index contributed by atoms with van der Waals surface area (Å²) in [5.74, 6) is -1.52. The number of ether oxygens (including phenoxy) is 1. The first-order valence-electron chi connectivity index (χ1n) is 15.2. The van der Waals surface area contributed by atoms with E-state index >= 15 is 4.39 Å². The van der Waals surface area contributed by atoms with Gasteiger partial charge in [0.05, 0.1) is 16.3 Å². The molecule has 1 saturated carbocycles. The van der Waals surface area contributed by atoms with E-state index in [-0.39, 0.29) is 34.6 Å². The molecule has 0 radical (unpaired) electrons. The van der Waals surface area contributed by atoms with Gasteiger partial charge in [-0.2, -0.15) is 0 Å². The summed E-state index contributed by atoms with van der Waals surface area (Å²) < 4.78 is 22.7. The molecule has 1 amide bonds. The molecule has 5 aromatic rings. The number of pyridine rings is 1. The topological polar surface area (TPSA) is 105 Å². The van der Waals surface area contributed by atoms with E-state index in [0.29, 0.717) is 36.0 Å². The number of anilines is 2. The van der Waals surface area contributed by atoms with Gasteiger partial charge >= 0.3 is 5.97 Å². The average molecular weight is 623 g/mol. The third kappa shape index (κ3) is 5.85. The number of hydrogen-bond donors (Lipinski definition) is 2. The molecule has 45 heavy (non-hydrogen) atoms. The van der Waals surface area contributed by atoms with Crippen molar-refractivity contribution in [1.29, 1.82) is 0 Å². The van der Waals surface area contributed by atoms with E-state index in [0.717, 1.165) is 53.4 Å². The average Bonchev–Trinajstić information content (AvgIpc) is 3.48. The summed E-state index contributed by atoms with van der Waals surface area (Å²) in [5, 5.41) is 13.6. The third-order valence-corrected chi connectivity index (χ3v) is 9.49. The molecular formula is C35H31FN4O4S. The first-order chi connectivity index (χ1) is 21.9. The highest BCUT2D eigenvalue weighted by Gasteiger charge is 2.26. The molecule has 228 valence electrons. The van der Waals surface area contributed by atoms with Gasteiger partial charge in [0.15, 0.2) is 22.4 Å². The van der Waals surface area contributed by atoms with Crippen LogP contribution in [0.1, 0.15) is 64.1 Å². The lowest BCUT2D eigenvalue weighted by Crippen LogP contribution is -2.33. The Kier molecular flexibility index (Phi) is 7.89. The summed E-state index contributed by atoms with van der Waals surface area (Å²) >= 11 is 1.42. The molecule has 2 aromatic heterocycles. The monoisotopic (exact) mass is 622 g/mol. The Bertz CT molecular complexity index is 1890. The summed E-state index contributed by atoms with van der Waals surface area (Å²) in [6.45, 7) is 0.948. The van der Waals surface area contributed by atoms with E-state index in [9.17, 15) is 14.7 Å². The molecule has 0 spiro atoms. The number of rotatable bonds is 7. The third-order valence-electron chi connectivity index (χ3n) is 8.54. The number of nitrogens with one attached hydrogen (secondary N) is 1. The van der Waals surface area contributed by atoms with Crippen molar-refractivity contribution in [2.75, 3.05) is 16.8 Å². The smallest absolute Gasteiger partial charge is 0.355 e. The van der Waals surface area contributed by atoms with Crippen molar-refractivity contribution in [2.24, 2.45) is 0 Å². The number of benzene rings is 3. The van der Waals surface area contributed by atoms with Gasteiger partial charge in [-0.15, -0.1) is 0 Å². The Morgan fingerprint density at radius 1 is 0.933 bits per heavy atom. The number of para-hydroxylation sites is 1. The van der Waals surface area contributed by atoms with E-state index < -0.39 is 11.8 Å². The number of hydrogen-bond acceptors (Lipinski definition) is 7. The van der Waals surface area contributed by atoms with Crippen LogP contribution in [-0.2, 0) is 13.0 Å². The fraction of sp³-hybridized carbons (Fsp3) is 0.257. The second kappa shape index (κ2) is 12.3. The number of fused-ring (bicyclic) bond motifs is 2. The van der Waals surface area contributed by atoms with Crippen molar-refractivity contribution in [1.82, 2.24) is 9.97 Å². The Morgan fingerprint density at radius 3 is 2.58 bits per heavy atom. The van der Waals surface area contributed by atoms with Gasteiger partial charge in [0.2, 0.25) is 0 Å². The normalized spacial score (nSPS) is 15.1. The SMILES string of the molecule is O=C(Nc1nc2ccccc2s1)c1cccc2c1CN(c1ccc(-c3cccc(OC4CCCCC4)c3F)c(C(=O)O)n1)CC2. The predicted octanol–water partition coefficient (Wildman–Crippen LogP) is 7.72. The number of carboxylic acid groups (broad SMARTS) is 1. The zero-order valence-corrected chi connectivity index (χ0v) is 25.3. The predicted molar refractivity (Wildman–Crippen MR) is 173 cm³/mol. The van der Waals surface area contributed by atoms with Gasteiger partial charge in [-0.3, -0.25) is 10.1 Å². The second-order valence-corrected chi connectivity index (χ2v) is 12.5. The lowest BCUT2D eigenvalue weighted by atomic mass is 9.94. The van der Waals surface area contributed by atoms with Crippen LogP contribution < -0.4 is 15.0 Å². The maximum Gasteiger partial charge on any atom is 0.355 e. The molecule has 8 nitrogen and oxygen atoms in total. The molecular weight excluding hydrogens is 591 g/mol. The minimum Gasteiger partial charge on any atom is -0.487 e. The first kappa shape index (κ1) is 28.9. The molecule has 0 unspecified atom stereocenters. The molecule has 3 heterocycles. The number of aromatic nitrogens is 2. The van der Waals surface area contributed by atoms with Crippen molar-refractivity contribution >= 4 is 44.4 Å². The summed E-state index contributed by atoms with van der Waals surface area (Å²) in [4.78, 5) is 36.9. The standard InChI is InChI=1S/C35H31FN4O4S/c36-31-23(11-7-14-28(31)44-22-9-2-1-3-10-22)24-16-17-30(38-32(24)34(42)43)40-19-18-21-8-6-12-25(26(21)20-40)33(41)39-35-37-27-13-4-5-15-29(27)45-35/h4-8,11-17,22H,1-3,9-10,18-20H2,(H,42,43)(H,37,39,41). The van der Waals surface area contributed by atoms with Crippen LogP contribution in [0, 0.1) is 5.82 Å². The van der Waals surface area contributed by atoms with E-state index in [1.54, 1.807) is 36.4 Å². The van der Waals surface area contributed by atoms with Crippen LogP contribution in [-0.4, -0.2) is 39.6 Å². The number of carbonyl (C=O) groups excluding carboxylic acids is 1. The Labute approximate surface area is 263 Å². The highest BCUT2D eigenvalue weighted by Crippen LogP contribution is 2.35. The summed E-state index contributed by atoms with van der Waals surface area (Å²) in [7, 11) is 0. The largest absolute Gasteiger partial charge is 0.487 e. The van der Waals surface area contributed by atoms with Crippen molar-refractivity contribution in [3.05, 3.63) is 101 Å². The van der Waals surface area contributed by atoms with E-state index in [1.807, 2.05) is 41.3 Å². The van der Waals surface area contributed by atoms with Crippen LogP contribution in [0.3, 0.4) is 0 Å². The Morgan fingerprint density at radius 2 is 1.76 bits per heavy atom. The Hall–Kier alpha value is -4.83. The van der Waals surface area contributed by atoms with Gasteiger partial charge in [0, 0.05) is 29.8 Å². The molecule has 1 aliphatic carbocycles. The zero-order chi connectivity index (χ0) is 30.9. The number of carboxylic acids is 1. The molecule has 0 atom stereocenters. The zero-order valence-electron chi connectivity index (χ0n) is 24.5. The molecule has 7 rings (SSSR count). The van der Waals surface area contributed by atoms with Gasteiger partial charge in [-0.1, -0.05) is 54.2 Å². The lowest BCUT2D eigenvalue weighted by Gasteiger charge is -2.31. The van der Waals surface area contributed by atoms with Crippen LogP contribution >= 0.6 is 11.3 Å². The van der Waals surface area contributed by atoms with E-state index in [2.05, 4.69) is 15.3 Å². The fourth-order valence-electron chi connectivity index (χ4n) is 6.26. The van der Waals surface area contributed by atoms with Crippen molar-refractivity contribution in [3.63, 3.8) is 0 Å². The van der Waals surface area contributed by atoms with E-state index in [1.165, 1.54) is 11.3 Å². The van der Waals surface area contributed by atoms with Gasteiger partial charge in [-0.25, -0.2) is 19.2 Å². The van der Waals surface area contributed by atoms with Crippen LogP contribution in [0.15, 0.2) is 72.8 Å². The lowest BCUT2D eigenvalue weighted by molar-refractivity contribution is 0.0691. The highest BCUT2D eigenvalue weighted by molar-refractivity contribution is 7.22. The Balaban J connectivity index is 1.15. The molecule has 0 saturated heterocycles. The van der Waals surface area contributed by atoms with Gasteiger partial charge in [-0.05, 0) is 79.6 Å². The quantitative estimate of drug-likeness (QED) is 0.191. The van der Waals surface area contributed by atoms with Gasteiger partial charge in [0.1, 0.15) is 5.82 Å². The second-order valence-electron chi connectivity index (χ2n) is 11.4. The molecule has 10 heteroatoms. The number of halogens is 1. The van der Waals surface area contributed by atoms with Crippen LogP contribution in [0.5, 0.6) is 5.75 Å². The number of nitrogens with zero attached hydrogens (tertiary/aromatic N) is 3. The first-order valence-corrected chi connectivity index (χ1v) is 16.0. The molecule has 0 bridgehead atoms. The number of thiazole rings is 1. The molecule has 1 fully saturated rings. The molecule has 3 aromatic carbocycles. The maximum atomic E-state index is 15.7. The van der Waals surface area contributed by atoms with Crippen molar-refractivity contribution < 1.29 is 23.8 Å². The van der Waals surface area contributed by atoms with Crippen LogP contribution in [0.25, 0.3) is 21.3 Å². The van der Waals surface area contributed by atoms with Crippen LogP contribution in [0.2, 0.25) is 0 Å². The number of carbonyl (C=O) groups is 2. The summed E-state index contributed by atoms with van der Waals surface area (Å²) in [6.07, 6.45) is 5.63. The van der Waals surface area contributed by atoms with Crippen molar-refractivity contribution in [2.45, 2.75) is 51.2 Å². The summed E-state index contributed by atoms with van der Waals surface area (Å²) in [5.41, 5.74) is 3.34. The fourth-order valence-corrected chi connectivity index (χ4v) is 7.12. The van der Waals surface area contributed by atoms with E-state index in [4.69, 9.17) is 4.74 Å².